The van der Waals surface area contributed by atoms with Crippen LogP contribution >= 0.6 is 11.3 Å². The Bertz CT molecular complexity index is 1030. The van der Waals surface area contributed by atoms with Gasteiger partial charge in [0.25, 0.3) is 5.91 Å². The molecule has 4 rings (SSSR count). The Morgan fingerprint density at radius 1 is 1.28 bits per heavy atom. The first kappa shape index (κ1) is 18.9. The molecule has 0 unspecified atom stereocenters. The molecule has 1 fully saturated rings. The van der Waals surface area contributed by atoms with Gasteiger partial charge in [0.15, 0.2) is 0 Å². The number of hydrogen-bond donors (Lipinski definition) is 2. The van der Waals surface area contributed by atoms with Gasteiger partial charge in [0, 0.05) is 35.4 Å². The molecule has 0 atom stereocenters. The van der Waals surface area contributed by atoms with Crippen molar-refractivity contribution in [3.8, 4) is 5.75 Å². The fourth-order valence-corrected chi connectivity index (χ4v) is 3.60. The van der Waals surface area contributed by atoms with Crippen molar-refractivity contribution in [2.45, 2.75) is 13.5 Å². The van der Waals surface area contributed by atoms with Gasteiger partial charge >= 0.3 is 6.03 Å². The van der Waals surface area contributed by atoms with Crippen LogP contribution in [0.3, 0.4) is 0 Å². The molecule has 3 amide bonds. The van der Waals surface area contributed by atoms with Crippen molar-refractivity contribution in [3.05, 3.63) is 70.2 Å². The molecule has 0 bridgehead atoms. The third-order valence-electron chi connectivity index (χ3n) is 4.44. The maximum atomic E-state index is 12.6. The largest absolute Gasteiger partial charge is 0.487 e. The molecule has 2 heterocycles. The Balaban J connectivity index is 1.38. The lowest BCUT2D eigenvalue weighted by Crippen LogP contribution is -2.27. The van der Waals surface area contributed by atoms with Crippen molar-refractivity contribution in [2.75, 3.05) is 23.3 Å². The fraction of sp³-hybridized carbons (Fsp3) is 0.190. The number of hydrogen-bond acceptors (Lipinski definition) is 5. The fourth-order valence-electron chi connectivity index (χ4n) is 3.00. The third kappa shape index (κ3) is 4.55. The number of benzene rings is 2. The van der Waals surface area contributed by atoms with Crippen molar-refractivity contribution in [1.29, 1.82) is 0 Å². The van der Waals surface area contributed by atoms with Gasteiger partial charge in [0.1, 0.15) is 12.4 Å². The average Bonchev–Trinajstić information content (AvgIpc) is 3.35. The van der Waals surface area contributed by atoms with Crippen LogP contribution in [0, 0.1) is 6.92 Å². The molecule has 2 N–H and O–H groups in total. The first-order chi connectivity index (χ1) is 14.1. The summed E-state index contributed by atoms with van der Waals surface area (Å²) in [6.07, 6.45) is 0. The smallest absolute Gasteiger partial charge is 0.321 e. The zero-order chi connectivity index (χ0) is 20.2. The maximum absolute atomic E-state index is 12.6. The summed E-state index contributed by atoms with van der Waals surface area (Å²) in [7, 11) is 0. The van der Waals surface area contributed by atoms with E-state index < -0.39 is 0 Å². The number of carbonyl (C=O) groups is 2. The number of aryl methyl sites for hydroxylation is 1. The van der Waals surface area contributed by atoms with Gasteiger partial charge in [-0.05, 0) is 49.4 Å². The van der Waals surface area contributed by atoms with E-state index in [2.05, 4.69) is 15.6 Å². The molecule has 2 aromatic carbocycles. The lowest BCUT2D eigenvalue weighted by atomic mass is 10.2. The number of anilines is 2. The van der Waals surface area contributed by atoms with Crippen LogP contribution in [0.2, 0.25) is 0 Å². The first-order valence-electron chi connectivity index (χ1n) is 9.19. The lowest BCUT2D eigenvalue weighted by Gasteiger charge is -2.14. The van der Waals surface area contributed by atoms with E-state index in [1.807, 2.05) is 30.5 Å². The monoisotopic (exact) mass is 408 g/mol. The highest BCUT2D eigenvalue weighted by Crippen LogP contribution is 2.21. The summed E-state index contributed by atoms with van der Waals surface area (Å²) >= 11 is 1.58. The summed E-state index contributed by atoms with van der Waals surface area (Å²) < 4.78 is 5.75. The van der Waals surface area contributed by atoms with Crippen LogP contribution in [0.25, 0.3) is 0 Å². The predicted octanol–water partition coefficient (Wildman–Crippen LogP) is 3.81. The number of amides is 3. The van der Waals surface area contributed by atoms with Gasteiger partial charge in [0.2, 0.25) is 0 Å². The number of aromatic nitrogens is 1. The van der Waals surface area contributed by atoms with Crippen LogP contribution in [0.15, 0.2) is 53.9 Å². The minimum absolute atomic E-state index is 0.105. The highest BCUT2D eigenvalue weighted by atomic mass is 32.1. The minimum Gasteiger partial charge on any atom is -0.487 e. The number of urea groups is 1. The summed E-state index contributed by atoms with van der Waals surface area (Å²) in [6, 6.07) is 14.1. The number of thiazole rings is 1. The van der Waals surface area contributed by atoms with Crippen LogP contribution in [0.1, 0.15) is 21.1 Å². The van der Waals surface area contributed by atoms with E-state index >= 15 is 0 Å². The van der Waals surface area contributed by atoms with Crippen LogP contribution in [-0.2, 0) is 6.61 Å². The first-order valence-corrected chi connectivity index (χ1v) is 10.1. The molecule has 1 aliphatic rings. The van der Waals surface area contributed by atoms with E-state index in [0.717, 1.165) is 16.4 Å². The highest BCUT2D eigenvalue weighted by molar-refractivity contribution is 7.09. The van der Waals surface area contributed by atoms with Crippen LogP contribution in [0.5, 0.6) is 5.75 Å². The molecular weight excluding hydrogens is 388 g/mol. The van der Waals surface area contributed by atoms with E-state index in [-0.39, 0.29) is 11.9 Å². The van der Waals surface area contributed by atoms with Gasteiger partial charge in [-0.3, -0.25) is 9.69 Å². The van der Waals surface area contributed by atoms with E-state index in [1.165, 1.54) is 0 Å². The van der Waals surface area contributed by atoms with Crippen molar-refractivity contribution in [2.24, 2.45) is 0 Å². The summed E-state index contributed by atoms with van der Waals surface area (Å²) in [5.41, 5.74) is 2.82. The molecule has 148 valence electrons. The SMILES string of the molecule is Cc1nc(COc2cccc(C(=O)Nc3ccc(N4CCNC4=O)cc3)c2)cs1. The zero-order valence-electron chi connectivity index (χ0n) is 15.8. The molecule has 0 radical (unpaired) electrons. The Morgan fingerprint density at radius 3 is 2.79 bits per heavy atom. The standard InChI is InChI=1S/C21H20N4O3S/c1-14-23-17(13-29-14)12-28-19-4-2-3-15(11-19)20(26)24-16-5-7-18(8-6-16)25-10-9-22-21(25)27/h2-8,11,13H,9-10,12H2,1H3,(H,22,27)(H,24,26). The van der Waals surface area contributed by atoms with Gasteiger partial charge < -0.3 is 15.4 Å². The number of rotatable bonds is 6. The Labute approximate surface area is 172 Å². The second-order valence-corrected chi connectivity index (χ2v) is 7.62. The number of carbonyl (C=O) groups excluding carboxylic acids is 2. The number of nitrogens with one attached hydrogen (secondary N) is 2. The average molecular weight is 408 g/mol. The maximum Gasteiger partial charge on any atom is 0.321 e. The van der Waals surface area contributed by atoms with Gasteiger partial charge in [-0.1, -0.05) is 6.07 Å². The summed E-state index contributed by atoms with van der Waals surface area (Å²) in [6.45, 7) is 3.59. The molecule has 0 aliphatic carbocycles. The lowest BCUT2D eigenvalue weighted by molar-refractivity contribution is 0.102. The van der Waals surface area contributed by atoms with Crippen LogP contribution in [-0.4, -0.2) is 30.0 Å². The normalized spacial score (nSPS) is 13.3. The van der Waals surface area contributed by atoms with Gasteiger partial charge in [0.05, 0.1) is 10.7 Å². The van der Waals surface area contributed by atoms with Crippen molar-refractivity contribution >= 4 is 34.6 Å². The van der Waals surface area contributed by atoms with E-state index in [1.54, 1.807) is 46.6 Å². The van der Waals surface area contributed by atoms with Crippen molar-refractivity contribution in [3.63, 3.8) is 0 Å². The Hall–Kier alpha value is -3.39. The van der Waals surface area contributed by atoms with Gasteiger partial charge in [-0.25, -0.2) is 9.78 Å². The third-order valence-corrected chi connectivity index (χ3v) is 5.27. The summed E-state index contributed by atoms with van der Waals surface area (Å²) in [5, 5.41) is 8.59. The highest BCUT2D eigenvalue weighted by Gasteiger charge is 2.20. The van der Waals surface area contributed by atoms with Crippen LogP contribution < -0.4 is 20.3 Å². The summed E-state index contributed by atoms with van der Waals surface area (Å²) in [4.78, 5) is 30.3. The van der Waals surface area contributed by atoms with Crippen molar-refractivity contribution in [1.82, 2.24) is 10.3 Å². The summed E-state index contributed by atoms with van der Waals surface area (Å²) in [5.74, 6) is 0.380. The molecular formula is C21H20N4O3S. The second-order valence-electron chi connectivity index (χ2n) is 6.56. The molecule has 1 aromatic heterocycles. The van der Waals surface area contributed by atoms with E-state index in [9.17, 15) is 9.59 Å². The molecule has 3 aromatic rings. The minimum atomic E-state index is -0.230. The van der Waals surface area contributed by atoms with Crippen molar-refractivity contribution < 1.29 is 14.3 Å². The zero-order valence-corrected chi connectivity index (χ0v) is 16.7. The van der Waals surface area contributed by atoms with E-state index in [4.69, 9.17) is 4.74 Å². The van der Waals surface area contributed by atoms with Gasteiger partial charge in [-0.2, -0.15) is 0 Å². The molecule has 1 saturated heterocycles. The Kier molecular flexibility index (Phi) is 5.44. The molecule has 1 aliphatic heterocycles. The number of ether oxygens (including phenoxy) is 1. The number of nitrogens with zero attached hydrogens (tertiary/aromatic N) is 2. The van der Waals surface area contributed by atoms with Gasteiger partial charge in [-0.15, -0.1) is 11.3 Å². The molecule has 29 heavy (non-hydrogen) atoms. The Morgan fingerprint density at radius 2 is 2.10 bits per heavy atom. The topological polar surface area (TPSA) is 83.6 Å². The molecule has 0 saturated carbocycles. The molecule has 0 spiro atoms. The predicted molar refractivity (Wildman–Crippen MR) is 113 cm³/mol. The molecule has 8 heteroatoms. The second kappa shape index (κ2) is 8.32. The van der Waals surface area contributed by atoms with E-state index in [0.29, 0.717) is 36.7 Å². The van der Waals surface area contributed by atoms with Crippen LogP contribution in [0.4, 0.5) is 16.2 Å². The molecule has 7 nitrogen and oxygen atoms in total. The quantitative estimate of drug-likeness (QED) is 0.650.